The lowest BCUT2D eigenvalue weighted by Gasteiger charge is -2.42. The Bertz CT molecular complexity index is 995. The Kier molecular flexibility index (Phi) is 5.80. The summed E-state index contributed by atoms with van der Waals surface area (Å²) in [5.41, 5.74) is 5.20. The van der Waals surface area contributed by atoms with Crippen molar-refractivity contribution in [3.63, 3.8) is 0 Å². The summed E-state index contributed by atoms with van der Waals surface area (Å²) in [5, 5.41) is 2.36. The third-order valence-electron chi connectivity index (χ3n) is 6.82. The van der Waals surface area contributed by atoms with E-state index in [-0.39, 0.29) is 29.7 Å². The van der Waals surface area contributed by atoms with Gasteiger partial charge in [0.2, 0.25) is 11.8 Å². The van der Waals surface area contributed by atoms with Gasteiger partial charge in [-0.3, -0.25) is 9.59 Å². The van der Waals surface area contributed by atoms with Crippen LogP contribution in [-0.4, -0.2) is 74.0 Å². The van der Waals surface area contributed by atoms with E-state index in [9.17, 15) is 9.59 Å². The van der Waals surface area contributed by atoms with Gasteiger partial charge >= 0.3 is 0 Å². The molecule has 0 spiro atoms. The number of halogens is 1. The molecule has 0 bridgehead atoms. The number of fused-ring (bicyclic) bond motifs is 1. The number of hydrogen-bond acceptors (Lipinski definition) is 5. The van der Waals surface area contributed by atoms with E-state index in [0.29, 0.717) is 26.2 Å². The van der Waals surface area contributed by atoms with Crippen molar-refractivity contribution < 1.29 is 9.59 Å². The van der Waals surface area contributed by atoms with Crippen molar-refractivity contribution in [1.29, 1.82) is 0 Å². The molecule has 2 aromatic rings. The third-order valence-corrected chi connectivity index (χ3v) is 7.14. The van der Waals surface area contributed by atoms with E-state index in [1.807, 2.05) is 66.5 Å². The Labute approximate surface area is 193 Å². The fourth-order valence-corrected chi connectivity index (χ4v) is 5.42. The number of hydrogen-bond donors (Lipinski definition) is 1. The molecule has 3 aliphatic heterocycles. The van der Waals surface area contributed by atoms with Gasteiger partial charge in [-0.25, -0.2) is 10.4 Å². The van der Waals surface area contributed by atoms with Crippen LogP contribution in [0.25, 0.3) is 0 Å². The monoisotopic (exact) mass is 453 g/mol. The van der Waals surface area contributed by atoms with Gasteiger partial charge in [0.05, 0.1) is 34.3 Å². The van der Waals surface area contributed by atoms with E-state index in [1.54, 1.807) is 5.01 Å². The predicted molar refractivity (Wildman–Crippen MR) is 126 cm³/mol. The molecule has 5 rings (SSSR count). The van der Waals surface area contributed by atoms with Gasteiger partial charge in [-0.1, -0.05) is 41.9 Å². The van der Waals surface area contributed by atoms with Crippen molar-refractivity contribution in [1.82, 2.24) is 15.2 Å². The molecule has 3 heterocycles. The van der Waals surface area contributed by atoms with Crippen molar-refractivity contribution in [2.24, 2.45) is 11.8 Å². The second-order valence-electron chi connectivity index (χ2n) is 8.86. The van der Waals surface area contributed by atoms with Crippen LogP contribution in [0.3, 0.4) is 0 Å². The highest BCUT2D eigenvalue weighted by Crippen LogP contribution is 2.33. The quantitative estimate of drug-likeness (QED) is 0.771. The molecular weight excluding hydrogens is 426 g/mol. The Morgan fingerprint density at radius 1 is 0.969 bits per heavy atom. The van der Waals surface area contributed by atoms with E-state index >= 15 is 0 Å². The molecule has 3 atom stereocenters. The van der Waals surface area contributed by atoms with Gasteiger partial charge in [-0.2, -0.15) is 0 Å². The molecule has 3 aliphatic rings. The van der Waals surface area contributed by atoms with Gasteiger partial charge in [0, 0.05) is 39.3 Å². The average Bonchev–Trinajstić information content (AvgIpc) is 3.15. The summed E-state index contributed by atoms with van der Waals surface area (Å²) < 4.78 is 0. The smallest absolute Gasteiger partial charge is 0.247 e. The SMILES string of the molecule is CN1CC(C(=O)N2CCN(c3ccccc3Cl)CC2)C2NN(c3ccccc3)C(=O)C2C1. The molecule has 32 heavy (non-hydrogen) atoms. The molecule has 168 valence electrons. The number of amides is 2. The predicted octanol–water partition coefficient (Wildman–Crippen LogP) is 2.09. The molecule has 0 aromatic heterocycles. The number of nitrogens with zero attached hydrogens (tertiary/aromatic N) is 4. The summed E-state index contributed by atoms with van der Waals surface area (Å²) in [6.45, 7) is 4.09. The normalized spacial score (nSPS) is 26.4. The number of rotatable bonds is 3. The van der Waals surface area contributed by atoms with Crippen molar-refractivity contribution in [3.05, 3.63) is 59.6 Å². The van der Waals surface area contributed by atoms with Crippen LogP contribution < -0.4 is 15.3 Å². The van der Waals surface area contributed by atoms with E-state index in [4.69, 9.17) is 11.6 Å². The fourth-order valence-electron chi connectivity index (χ4n) is 5.16. The molecule has 2 aromatic carbocycles. The first-order chi connectivity index (χ1) is 15.5. The van der Waals surface area contributed by atoms with Crippen LogP contribution in [0, 0.1) is 11.8 Å². The van der Waals surface area contributed by atoms with Gasteiger partial charge in [0.15, 0.2) is 0 Å². The number of anilines is 2. The zero-order chi connectivity index (χ0) is 22.2. The molecule has 8 heteroatoms. The molecule has 0 saturated carbocycles. The highest BCUT2D eigenvalue weighted by molar-refractivity contribution is 6.33. The van der Waals surface area contributed by atoms with E-state index < -0.39 is 0 Å². The number of nitrogens with one attached hydrogen (secondary N) is 1. The summed E-state index contributed by atoms with van der Waals surface area (Å²) in [6.07, 6.45) is 0. The topological polar surface area (TPSA) is 59.1 Å². The molecule has 1 N–H and O–H groups in total. The number of hydrazine groups is 1. The van der Waals surface area contributed by atoms with Crippen LogP contribution in [0.1, 0.15) is 0 Å². The van der Waals surface area contributed by atoms with Crippen molar-refractivity contribution in [3.8, 4) is 0 Å². The van der Waals surface area contributed by atoms with Crippen LogP contribution in [0.15, 0.2) is 54.6 Å². The Balaban J connectivity index is 1.29. The Hall–Kier alpha value is -2.61. The summed E-state index contributed by atoms with van der Waals surface area (Å²) in [4.78, 5) is 33.0. The number of piperidine rings is 1. The summed E-state index contributed by atoms with van der Waals surface area (Å²) in [5.74, 6) is -0.328. The maximum Gasteiger partial charge on any atom is 0.247 e. The van der Waals surface area contributed by atoms with Gasteiger partial charge in [-0.15, -0.1) is 0 Å². The zero-order valence-corrected chi connectivity index (χ0v) is 18.9. The molecule has 3 unspecified atom stereocenters. The largest absolute Gasteiger partial charge is 0.367 e. The summed E-state index contributed by atoms with van der Waals surface area (Å²) in [6, 6.07) is 17.2. The lowest BCUT2D eigenvalue weighted by molar-refractivity contribution is -0.139. The maximum absolute atomic E-state index is 13.6. The van der Waals surface area contributed by atoms with Gasteiger partial charge in [0.25, 0.3) is 0 Å². The van der Waals surface area contributed by atoms with Crippen LogP contribution in [-0.2, 0) is 9.59 Å². The van der Waals surface area contributed by atoms with Crippen LogP contribution in [0.5, 0.6) is 0 Å². The van der Waals surface area contributed by atoms with Crippen LogP contribution in [0.4, 0.5) is 11.4 Å². The minimum absolute atomic E-state index is 0.0362. The molecule has 3 saturated heterocycles. The minimum Gasteiger partial charge on any atom is -0.367 e. The summed E-state index contributed by atoms with van der Waals surface area (Å²) in [7, 11) is 1.99. The number of benzene rings is 2. The molecule has 2 amide bonds. The Morgan fingerprint density at radius 2 is 1.66 bits per heavy atom. The molecular formula is C24H28ClN5O2. The van der Waals surface area contributed by atoms with E-state index in [0.717, 1.165) is 29.5 Å². The highest BCUT2D eigenvalue weighted by Gasteiger charge is 2.51. The third kappa shape index (κ3) is 3.85. The second-order valence-corrected chi connectivity index (χ2v) is 9.27. The number of likely N-dealkylation sites (tertiary alicyclic amines) is 1. The highest BCUT2D eigenvalue weighted by atomic mass is 35.5. The maximum atomic E-state index is 13.6. The number of piperazine rings is 1. The van der Waals surface area contributed by atoms with Crippen LogP contribution >= 0.6 is 11.6 Å². The lowest BCUT2D eigenvalue weighted by atomic mass is 9.84. The van der Waals surface area contributed by atoms with Gasteiger partial charge in [0.1, 0.15) is 0 Å². The first-order valence-corrected chi connectivity index (χ1v) is 11.5. The summed E-state index contributed by atoms with van der Waals surface area (Å²) >= 11 is 6.36. The molecule has 7 nitrogen and oxygen atoms in total. The zero-order valence-electron chi connectivity index (χ0n) is 18.2. The van der Waals surface area contributed by atoms with Crippen molar-refractivity contribution in [2.75, 3.05) is 56.2 Å². The number of carbonyl (C=O) groups excluding carboxylic acids is 2. The Morgan fingerprint density at radius 3 is 2.38 bits per heavy atom. The van der Waals surface area contributed by atoms with Crippen molar-refractivity contribution >= 4 is 34.8 Å². The first-order valence-electron chi connectivity index (χ1n) is 11.1. The number of para-hydroxylation sites is 2. The van der Waals surface area contributed by atoms with Gasteiger partial charge < -0.3 is 14.7 Å². The van der Waals surface area contributed by atoms with E-state index in [2.05, 4.69) is 15.2 Å². The van der Waals surface area contributed by atoms with Gasteiger partial charge in [-0.05, 0) is 31.3 Å². The minimum atomic E-state index is -0.261. The standard InChI is InChI=1S/C24H28ClN5O2/c1-27-15-18(22-19(16-27)24(32)30(26-22)17-7-3-2-4-8-17)23(31)29-13-11-28(12-14-29)21-10-6-5-9-20(21)25/h2-10,18-19,22,26H,11-16H2,1H3. The fraction of sp³-hybridized carbons (Fsp3) is 0.417. The molecule has 0 radical (unpaired) electrons. The molecule has 3 fully saturated rings. The average molecular weight is 454 g/mol. The van der Waals surface area contributed by atoms with Crippen molar-refractivity contribution in [2.45, 2.75) is 6.04 Å². The second kappa shape index (κ2) is 8.73. The first kappa shape index (κ1) is 21.2. The van der Waals surface area contributed by atoms with E-state index in [1.165, 1.54) is 0 Å². The lowest BCUT2D eigenvalue weighted by Crippen LogP contribution is -2.59. The number of carbonyl (C=O) groups is 2. The van der Waals surface area contributed by atoms with Crippen LogP contribution in [0.2, 0.25) is 5.02 Å². The molecule has 0 aliphatic carbocycles.